The van der Waals surface area contributed by atoms with Crippen molar-refractivity contribution in [2.45, 2.75) is 0 Å². The number of fused-ring (bicyclic) bond motifs is 2. The fourth-order valence-electron chi connectivity index (χ4n) is 4.88. The molecule has 0 radical (unpaired) electrons. The molecule has 5 aromatic carbocycles. The molecule has 0 bridgehead atoms. The zero-order valence-electron chi connectivity index (χ0n) is 20.6. The normalized spacial score (nSPS) is 11.2. The first kappa shape index (κ1) is 22.8. The summed E-state index contributed by atoms with van der Waals surface area (Å²) >= 11 is 3.67. The van der Waals surface area contributed by atoms with Gasteiger partial charge in [0.2, 0.25) is 0 Å². The lowest BCUT2D eigenvalue weighted by Crippen LogP contribution is -2.07. The van der Waals surface area contributed by atoms with Crippen LogP contribution in [0.25, 0.3) is 20.2 Å². The van der Waals surface area contributed by atoms with E-state index >= 15 is 0 Å². The van der Waals surface area contributed by atoms with Gasteiger partial charge in [0.05, 0.1) is 0 Å². The Bertz CT molecular complexity index is 1550. The van der Waals surface area contributed by atoms with Crippen LogP contribution in [0.4, 0.5) is 32.8 Å². The van der Waals surface area contributed by atoms with Gasteiger partial charge in [-0.15, -0.1) is 22.7 Å². The summed E-state index contributed by atoms with van der Waals surface area (Å²) in [7, 11) is 0. The van der Waals surface area contributed by atoms with Gasteiger partial charge < -0.3 is 9.80 Å². The first-order chi connectivity index (χ1) is 18.8. The second kappa shape index (κ2) is 9.82. The summed E-state index contributed by atoms with van der Waals surface area (Å²) in [5.74, 6) is 0. The summed E-state index contributed by atoms with van der Waals surface area (Å²) in [4.78, 5) is 4.69. The van der Waals surface area contributed by atoms with Crippen molar-refractivity contribution in [3.8, 4) is 0 Å². The van der Waals surface area contributed by atoms with Crippen LogP contribution in [0.2, 0.25) is 0 Å². The van der Waals surface area contributed by atoms with Crippen LogP contribution in [-0.2, 0) is 0 Å². The lowest BCUT2D eigenvalue weighted by Gasteiger charge is -2.23. The molecule has 2 nitrogen and oxygen atoms in total. The first-order valence-corrected chi connectivity index (χ1v) is 14.2. The Morgan fingerprint density at radius 1 is 0.342 bits per heavy atom. The van der Waals surface area contributed by atoms with Crippen molar-refractivity contribution in [3.63, 3.8) is 0 Å². The fourth-order valence-corrected chi connectivity index (χ4v) is 7.15. The third kappa shape index (κ3) is 4.24. The molecule has 0 saturated carbocycles. The molecule has 0 amide bonds. The third-order valence-electron chi connectivity index (χ3n) is 6.63. The molecule has 182 valence electrons. The van der Waals surface area contributed by atoms with Crippen LogP contribution in [0.15, 0.2) is 146 Å². The van der Waals surface area contributed by atoms with Crippen LogP contribution in [0.1, 0.15) is 0 Å². The van der Waals surface area contributed by atoms with Crippen LogP contribution in [0, 0.1) is 0 Å². The average molecular weight is 525 g/mol. The van der Waals surface area contributed by atoms with Crippen molar-refractivity contribution < 1.29 is 0 Å². The minimum Gasteiger partial charge on any atom is -0.302 e. The molecule has 0 spiro atoms. The molecule has 38 heavy (non-hydrogen) atoms. The number of thiophene rings is 2. The summed E-state index contributed by atoms with van der Waals surface area (Å²) in [6.07, 6.45) is 0. The van der Waals surface area contributed by atoms with E-state index in [0.29, 0.717) is 0 Å². The largest absolute Gasteiger partial charge is 0.302 e. The third-order valence-corrected chi connectivity index (χ3v) is 8.79. The van der Waals surface area contributed by atoms with E-state index in [-0.39, 0.29) is 0 Å². The van der Waals surface area contributed by atoms with E-state index in [9.17, 15) is 0 Å². The highest BCUT2D eigenvalue weighted by Gasteiger charge is 2.18. The zero-order chi connectivity index (χ0) is 25.3. The summed E-state index contributed by atoms with van der Waals surface area (Å²) in [6, 6.07) is 51.8. The number of hydrogen-bond acceptors (Lipinski definition) is 4. The Hall–Kier alpha value is -4.38. The number of rotatable bonds is 6. The van der Waals surface area contributed by atoms with Crippen LogP contribution in [0.5, 0.6) is 0 Å². The van der Waals surface area contributed by atoms with E-state index in [1.54, 1.807) is 0 Å². The number of nitrogens with zero attached hydrogens (tertiary/aromatic N) is 2. The van der Waals surface area contributed by atoms with E-state index < -0.39 is 0 Å². The standard InChI is InChI=1S/C34H24N2S2/c1-5-13-27(14-6-1)35(28-15-7-2-8-16-28)33-23-25-21-32-26(22-31(25)37-33)24-34(38-32)36(29-17-9-3-10-18-29)30-19-11-4-12-20-30/h1-24H. The summed E-state index contributed by atoms with van der Waals surface area (Å²) < 4.78 is 2.58. The van der Waals surface area contributed by atoms with Crippen molar-refractivity contribution in [2.24, 2.45) is 0 Å². The predicted octanol–water partition coefficient (Wildman–Crippen LogP) is 11.1. The van der Waals surface area contributed by atoms with Gasteiger partial charge in [0.15, 0.2) is 0 Å². The Morgan fingerprint density at radius 2 is 0.632 bits per heavy atom. The minimum atomic E-state index is 1.16. The second-order valence-corrected chi connectivity index (χ2v) is 11.2. The lowest BCUT2D eigenvalue weighted by atomic mass is 10.2. The molecule has 0 aliphatic rings. The lowest BCUT2D eigenvalue weighted by molar-refractivity contribution is 1.32. The van der Waals surface area contributed by atoms with Crippen LogP contribution >= 0.6 is 22.7 Å². The van der Waals surface area contributed by atoms with E-state index in [0.717, 1.165) is 22.7 Å². The SMILES string of the molecule is c1ccc(N(c2ccccc2)c2cc3cc4sc(N(c5ccccc5)c5ccccc5)cc4cc3s2)cc1. The number of hydrogen-bond donors (Lipinski definition) is 0. The fraction of sp³-hybridized carbons (Fsp3) is 0. The Balaban J connectivity index is 1.33. The molecule has 0 saturated heterocycles. The molecule has 7 rings (SSSR count). The van der Waals surface area contributed by atoms with Crippen LogP contribution < -0.4 is 9.80 Å². The van der Waals surface area contributed by atoms with Gasteiger partial charge >= 0.3 is 0 Å². The van der Waals surface area contributed by atoms with Crippen molar-refractivity contribution in [3.05, 3.63) is 146 Å². The maximum atomic E-state index is 2.35. The molecular formula is C34H24N2S2. The Kier molecular flexibility index (Phi) is 5.89. The van der Waals surface area contributed by atoms with Gasteiger partial charge in [-0.25, -0.2) is 0 Å². The van der Waals surface area contributed by atoms with Gasteiger partial charge in [-0.1, -0.05) is 72.8 Å². The van der Waals surface area contributed by atoms with Crippen molar-refractivity contribution in [1.82, 2.24) is 0 Å². The first-order valence-electron chi connectivity index (χ1n) is 12.6. The average Bonchev–Trinajstić information content (AvgIpc) is 3.57. The summed E-state index contributed by atoms with van der Waals surface area (Å²) in [5.41, 5.74) is 4.65. The molecule has 0 atom stereocenters. The maximum absolute atomic E-state index is 2.35. The van der Waals surface area contributed by atoms with Gasteiger partial charge in [0.25, 0.3) is 0 Å². The zero-order valence-corrected chi connectivity index (χ0v) is 22.2. The topological polar surface area (TPSA) is 6.48 Å². The highest BCUT2D eigenvalue weighted by molar-refractivity contribution is 7.24. The van der Waals surface area contributed by atoms with Crippen molar-refractivity contribution in [1.29, 1.82) is 0 Å². The summed E-state index contributed by atoms with van der Waals surface area (Å²) in [5, 5.41) is 4.97. The molecule has 0 fully saturated rings. The smallest absolute Gasteiger partial charge is 0.101 e. The molecule has 0 aliphatic heterocycles. The maximum Gasteiger partial charge on any atom is 0.101 e. The van der Waals surface area contributed by atoms with E-state index in [1.807, 2.05) is 22.7 Å². The molecule has 0 aliphatic carbocycles. The number of para-hydroxylation sites is 4. The van der Waals surface area contributed by atoms with Crippen LogP contribution in [0.3, 0.4) is 0 Å². The minimum absolute atomic E-state index is 1.16. The van der Waals surface area contributed by atoms with E-state index in [2.05, 4.69) is 155 Å². The van der Waals surface area contributed by atoms with Crippen LogP contribution in [-0.4, -0.2) is 0 Å². The van der Waals surface area contributed by atoms with Gasteiger partial charge in [-0.05, 0) is 83.6 Å². The molecule has 7 aromatic rings. The highest BCUT2D eigenvalue weighted by Crippen LogP contribution is 2.46. The predicted molar refractivity (Wildman–Crippen MR) is 167 cm³/mol. The van der Waals surface area contributed by atoms with E-state index in [1.165, 1.54) is 30.2 Å². The van der Waals surface area contributed by atoms with Crippen molar-refractivity contribution >= 4 is 75.6 Å². The molecule has 2 aromatic heterocycles. The summed E-state index contributed by atoms with van der Waals surface area (Å²) in [6.45, 7) is 0. The molecule has 2 heterocycles. The monoisotopic (exact) mass is 524 g/mol. The number of benzene rings is 5. The highest BCUT2D eigenvalue weighted by atomic mass is 32.1. The molecule has 4 heteroatoms. The van der Waals surface area contributed by atoms with Gasteiger partial charge in [-0.3, -0.25) is 0 Å². The van der Waals surface area contributed by atoms with E-state index in [4.69, 9.17) is 0 Å². The van der Waals surface area contributed by atoms with Gasteiger partial charge in [0, 0.05) is 32.1 Å². The number of anilines is 6. The van der Waals surface area contributed by atoms with Gasteiger partial charge in [0.1, 0.15) is 10.0 Å². The molecule has 0 N–H and O–H groups in total. The molecular weight excluding hydrogens is 501 g/mol. The second-order valence-electron chi connectivity index (χ2n) is 9.11. The Labute approximate surface area is 230 Å². The quantitative estimate of drug-likeness (QED) is 0.213. The van der Waals surface area contributed by atoms with Gasteiger partial charge in [-0.2, -0.15) is 0 Å². The Morgan fingerprint density at radius 3 is 0.921 bits per heavy atom. The molecule has 0 unspecified atom stereocenters. The van der Waals surface area contributed by atoms with Crippen molar-refractivity contribution in [2.75, 3.05) is 9.80 Å².